The Morgan fingerprint density at radius 2 is 1.74 bits per heavy atom. The lowest BCUT2D eigenvalue weighted by molar-refractivity contribution is 0.166. The third kappa shape index (κ3) is 1.85. The van der Waals surface area contributed by atoms with Crippen molar-refractivity contribution in [3.63, 3.8) is 0 Å². The van der Waals surface area contributed by atoms with Gasteiger partial charge in [0.2, 0.25) is 0 Å². The first kappa shape index (κ1) is 17.3. The van der Waals surface area contributed by atoms with E-state index in [9.17, 15) is 15.8 Å². The van der Waals surface area contributed by atoms with Crippen LogP contribution in [0.2, 0.25) is 0 Å². The van der Waals surface area contributed by atoms with Gasteiger partial charge in [-0.25, -0.2) is 0 Å². The molecule has 1 heterocycles. The second kappa shape index (κ2) is 6.21. The number of hydrogen-bond acceptors (Lipinski definition) is 4. The molecule has 1 aliphatic carbocycles. The fourth-order valence-electron chi connectivity index (χ4n) is 4.97. The van der Waals surface area contributed by atoms with Crippen molar-refractivity contribution in [3.05, 3.63) is 0 Å². The van der Waals surface area contributed by atoms with Crippen molar-refractivity contribution in [3.8, 4) is 18.2 Å². The smallest absolute Gasteiger partial charge is 0.189 e. The van der Waals surface area contributed by atoms with Gasteiger partial charge in [-0.1, -0.05) is 40.0 Å². The predicted molar refractivity (Wildman–Crippen MR) is 87.0 cm³/mol. The van der Waals surface area contributed by atoms with E-state index in [-0.39, 0.29) is 23.7 Å². The Morgan fingerprint density at radius 3 is 2.17 bits per heavy atom. The highest BCUT2D eigenvalue weighted by atomic mass is 15.3. The fraction of sp³-hybridized carbons (Fsp3) is 0.778. The Labute approximate surface area is 139 Å². The van der Waals surface area contributed by atoms with E-state index in [2.05, 4.69) is 39.0 Å². The predicted octanol–water partition coefficient (Wildman–Crippen LogP) is 3.45. The zero-order chi connectivity index (χ0) is 17.3. The lowest BCUT2D eigenvalue weighted by atomic mass is 9.63. The highest BCUT2D eigenvalue weighted by molar-refractivity contribution is 5.95. The molecule has 0 aromatic heterocycles. The van der Waals surface area contributed by atoms with E-state index in [1.54, 1.807) is 0 Å². The molecule has 2 aliphatic rings. The van der Waals surface area contributed by atoms with Gasteiger partial charge in [0.1, 0.15) is 5.84 Å². The molecule has 122 valence electrons. The van der Waals surface area contributed by atoms with Crippen molar-refractivity contribution in [2.75, 3.05) is 6.54 Å². The summed E-state index contributed by atoms with van der Waals surface area (Å²) < 4.78 is 0. The minimum Gasteiger partial charge on any atom is -0.353 e. The van der Waals surface area contributed by atoms with E-state index in [1.807, 2.05) is 4.90 Å². The second-order valence-electron chi connectivity index (χ2n) is 6.76. The maximum absolute atomic E-state index is 10.0. The maximum atomic E-state index is 10.0. The van der Waals surface area contributed by atoms with Crippen molar-refractivity contribution in [1.29, 1.82) is 21.2 Å². The summed E-state index contributed by atoms with van der Waals surface area (Å²) in [6, 6.07) is 6.39. The number of nitrogens with zero attached hydrogens (tertiary/aromatic N) is 4. The zero-order valence-corrected chi connectivity index (χ0v) is 14.3. The molecule has 5 nitrogen and oxygen atoms in total. The molecular formula is C18H25N5. The van der Waals surface area contributed by atoms with E-state index in [0.717, 1.165) is 32.1 Å². The number of piperidine rings is 1. The summed E-state index contributed by atoms with van der Waals surface area (Å²) in [5.41, 5.74) is -2.68. The summed E-state index contributed by atoms with van der Waals surface area (Å²) in [5.74, 6) is 0.265. The van der Waals surface area contributed by atoms with Crippen LogP contribution in [0.1, 0.15) is 52.9 Å². The van der Waals surface area contributed by atoms with Gasteiger partial charge >= 0.3 is 0 Å². The van der Waals surface area contributed by atoms with Crippen molar-refractivity contribution >= 4 is 5.84 Å². The van der Waals surface area contributed by atoms with Crippen molar-refractivity contribution in [2.45, 2.75) is 58.9 Å². The molecule has 2 fully saturated rings. The molecule has 0 amide bonds. The van der Waals surface area contributed by atoms with Crippen LogP contribution >= 0.6 is 0 Å². The largest absolute Gasteiger partial charge is 0.353 e. The molecule has 1 saturated carbocycles. The van der Waals surface area contributed by atoms with Gasteiger partial charge in [0.25, 0.3) is 0 Å². The summed E-state index contributed by atoms with van der Waals surface area (Å²) in [7, 11) is 0. The summed E-state index contributed by atoms with van der Waals surface area (Å²) in [4.78, 5) is 1.90. The van der Waals surface area contributed by atoms with Crippen LogP contribution in [0.5, 0.6) is 0 Å². The van der Waals surface area contributed by atoms with Crippen molar-refractivity contribution in [2.24, 2.45) is 22.7 Å². The molecule has 4 atom stereocenters. The molecule has 0 spiro atoms. The second-order valence-corrected chi connectivity index (χ2v) is 6.76. The van der Waals surface area contributed by atoms with E-state index in [4.69, 9.17) is 5.41 Å². The van der Waals surface area contributed by atoms with Gasteiger partial charge < -0.3 is 4.90 Å². The molecule has 2 rings (SSSR count). The van der Waals surface area contributed by atoms with Crippen LogP contribution in [0, 0.1) is 62.1 Å². The first-order chi connectivity index (χ1) is 11.1. The van der Waals surface area contributed by atoms with Crippen LogP contribution in [-0.2, 0) is 0 Å². The minimum atomic E-state index is -1.41. The fourth-order valence-corrected chi connectivity index (χ4v) is 4.97. The molecule has 5 heteroatoms. The third-order valence-electron chi connectivity index (χ3n) is 5.89. The summed E-state index contributed by atoms with van der Waals surface area (Å²) in [5, 5.41) is 38.5. The standard InChI is InChI=1S/C18H25N5/c1-4-7-9-23-15-13(6-3)14(8-5-2)18(12-21,16(23)22)17(15,10-19)11-20/h13-15,22H,4-9H2,1-3H3/t13-,14+,15+,18-/m1/s1. The molecule has 23 heavy (non-hydrogen) atoms. The maximum Gasteiger partial charge on any atom is 0.189 e. The molecule has 2 bridgehead atoms. The number of rotatable bonds is 6. The normalized spacial score (nSPS) is 34.0. The van der Waals surface area contributed by atoms with E-state index in [1.165, 1.54) is 0 Å². The quantitative estimate of drug-likeness (QED) is 0.812. The van der Waals surface area contributed by atoms with E-state index >= 15 is 0 Å². The van der Waals surface area contributed by atoms with Gasteiger partial charge in [-0.05, 0) is 24.7 Å². The Bertz CT molecular complexity index is 590. The highest BCUT2D eigenvalue weighted by Crippen LogP contribution is 2.67. The van der Waals surface area contributed by atoms with Gasteiger partial charge in [0.15, 0.2) is 10.8 Å². The van der Waals surface area contributed by atoms with Gasteiger partial charge in [-0.3, -0.25) is 5.41 Å². The lowest BCUT2D eigenvalue weighted by Crippen LogP contribution is -2.50. The van der Waals surface area contributed by atoms with Crippen molar-refractivity contribution < 1.29 is 0 Å². The average molecular weight is 311 g/mol. The van der Waals surface area contributed by atoms with Gasteiger partial charge in [-0.2, -0.15) is 15.8 Å². The Morgan fingerprint density at radius 1 is 1.09 bits per heavy atom. The number of unbranched alkanes of at least 4 members (excludes halogenated alkanes) is 1. The topological polar surface area (TPSA) is 98.5 Å². The molecule has 0 unspecified atom stereocenters. The number of nitriles is 3. The number of fused-ring (bicyclic) bond motifs is 2. The summed E-state index contributed by atoms with van der Waals surface area (Å²) in [6.45, 7) is 6.86. The Kier molecular flexibility index (Phi) is 4.67. The monoisotopic (exact) mass is 311 g/mol. The molecule has 1 N–H and O–H groups in total. The van der Waals surface area contributed by atoms with Crippen LogP contribution in [0.4, 0.5) is 0 Å². The molecule has 0 radical (unpaired) electrons. The molecule has 0 aromatic rings. The van der Waals surface area contributed by atoms with Crippen LogP contribution in [0.15, 0.2) is 0 Å². The van der Waals surface area contributed by atoms with E-state index in [0.29, 0.717) is 6.54 Å². The Hall–Kier alpha value is -2.06. The van der Waals surface area contributed by atoms with Crippen LogP contribution < -0.4 is 0 Å². The number of likely N-dealkylation sites (tertiary alicyclic amines) is 1. The minimum absolute atomic E-state index is 0.0721. The Balaban J connectivity index is 2.66. The van der Waals surface area contributed by atoms with Gasteiger partial charge in [-0.15, -0.1) is 0 Å². The first-order valence-corrected chi connectivity index (χ1v) is 8.65. The molecule has 0 aromatic carbocycles. The molecular weight excluding hydrogens is 286 g/mol. The molecule has 1 saturated heterocycles. The summed E-state index contributed by atoms with van der Waals surface area (Å²) >= 11 is 0. The zero-order valence-electron chi connectivity index (χ0n) is 14.3. The van der Waals surface area contributed by atoms with Gasteiger partial charge in [0, 0.05) is 6.54 Å². The lowest BCUT2D eigenvalue weighted by Gasteiger charge is -2.41. The highest BCUT2D eigenvalue weighted by Gasteiger charge is 2.79. The SMILES string of the molecule is CCCCN1C(=N)[C@@]2(C#N)[C@@H](CCC)[C@@H](CC)[C@H]1C2(C#N)C#N. The van der Waals surface area contributed by atoms with Gasteiger partial charge in [0.05, 0.1) is 24.2 Å². The number of amidine groups is 1. The van der Waals surface area contributed by atoms with Crippen LogP contribution in [0.3, 0.4) is 0 Å². The van der Waals surface area contributed by atoms with Crippen molar-refractivity contribution in [1.82, 2.24) is 4.90 Å². The first-order valence-electron chi connectivity index (χ1n) is 8.65. The summed E-state index contributed by atoms with van der Waals surface area (Å²) in [6.07, 6.45) is 4.41. The van der Waals surface area contributed by atoms with Crippen LogP contribution in [0.25, 0.3) is 0 Å². The number of hydrogen-bond donors (Lipinski definition) is 1. The molecule has 1 aliphatic heterocycles. The van der Waals surface area contributed by atoms with E-state index < -0.39 is 10.8 Å². The number of nitrogens with one attached hydrogen (secondary N) is 1. The van der Waals surface area contributed by atoms with Crippen LogP contribution in [-0.4, -0.2) is 23.3 Å². The average Bonchev–Trinajstić information content (AvgIpc) is 2.93. The third-order valence-corrected chi connectivity index (χ3v) is 5.89.